The van der Waals surface area contributed by atoms with E-state index in [4.69, 9.17) is 9.15 Å². The van der Waals surface area contributed by atoms with Gasteiger partial charge in [0.05, 0.1) is 25.2 Å². The number of nitrogens with one attached hydrogen (secondary N) is 1. The Morgan fingerprint density at radius 1 is 1.36 bits per heavy atom. The van der Waals surface area contributed by atoms with Crippen molar-refractivity contribution in [3.05, 3.63) is 61.1 Å². The molecule has 0 aliphatic carbocycles. The van der Waals surface area contributed by atoms with Gasteiger partial charge in [0.15, 0.2) is 11.0 Å². The van der Waals surface area contributed by atoms with Crippen molar-refractivity contribution < 1.29 is 13.9 Å². The molecule has 0 unspecified atom stereocenters. The van der Waals surface area contributed by atoms with Crippen LogP contribution in [0.5, 0.6) is 5.75 Å². The molecule has 0 bridgehead atoms. The van der Waals surface area contributed by atoms with E-state index in [1.54, 1.807) is 25.5 Å². The number of rotatable bonds is 9. The highest BCUT2D eigenvalue weighted by atomic mass is 32.2. The zero-order valence-electron chi connectivity index (χ0n) is 15.8. The van der Waals surface area contributed by atoms with E-state index in [2.05, 4.69) is 22.1 Å². The number of furan rings is 1. The van der Waals surface area contributed by atoms with Gasteiger partial charge in [0.1, 0.15) is 11.5 Å². The Labute approximate surface area is 167 Å². The topological polar surface area (TPSA) is 82.2 Å². The number of thioether (sulfide) groups is 1. The summed E-state index contributed by atoms with van der Waals surface area (Å²) in [4.78, 5) is 12.4. The predicted molar refractivity (Wildman–Crippen MR) is 108 cm³/mol. The summed E-state index contributed by atoms with van der Waals surface area (Å²) >= 11 is 1.35. The van der Waals surface area contributed by atoms with E-state index in [0.717, 1.165) is 11.3 Å². The molecule has 2 heterocycles. The van der Waals surface area contributed by atoms with Crippen molar-refractivity contribution in [2.24, 2.45) is 0 Å². The second kappa shape index (κ2) is 9.27. The molecule has 0 saturated carbocycles. The molecule has 0 spiro atoms. The molecular weight excluding hydrogens is 376 g/mol. The number of amides is 1. The van der Waals surface area contributed by atoms with E-state index >= 15 is 0 Å². The number of hydrogen-bond donors (Lipinski definition) is 1. The number of aromatic nitrogens is 3. The van der Waals surface area contributed by atoms with Crippen molar-refractivity contribution in [3.8, 4) is 17.1 Å². The Bertz CT molecular complexity index is 920. The SMILES string of the molecule is C=CCn1c(S[C@@H](C)C(=O)NCc2ccco2)nnc1-c1ccc(OC)cc1. The summed E-state index contributed by atoms with van der Waals surface area (Å²) in [5.74, 6) is 2.10. The van der Waals surface area contributed by atoms with E-state index < -0.39 is 0 Å². The van der Waals surface area contributed by atoms with Gasteiger partial charge in [0.25, 0.3) is 0 Å². The van der Waals surface area contributed by atoms with Gasteiger partial charge >= 0.3 is 0 Å². The fraction of sp³-hybridized carbons (Fsp3) is 0.250. The van der Waals surface area contributed by atoms with Crippen molar-refractivity contribution in [3.63, 3.8) is 0 Å². The van der Waals surface area contributed by atoms with Crippen LogP contribution in [0.3, 0.4) is 0 Å². The lowest BCUT2D eigenvalue weighted by atomic mass is 10.2. The first-order chi connectivity index (χ1) is 13.6. The minimum absolute atomic E-state index is 0.0967. The van der Waals surface area contributed by atoms with Crippen LogP contribution >= 0.6 is 11.8 Å². The Morgan fingerprint density at radius 3 is 2.79 bits per heavy atom. The highest BCUT2D eigenvalue weighted by Gasteiger charge is 2.20. The van der Waals surface area contributed by atoms with Gasteiger partial charge in [0.2, 0.25) is 5.91 Å². The lowest BCUT2D eigenvalue weighted by Crippen LogP contribution is -2.30. The van der Waals surface area contributed by atoms with Gasteiger partial charge in [-0.15, -0.1) is 16.8 Å². The first kappa shape index (κ1) is 19.8. The fourth-order valence-electron chi connectivity index (χ4n) is 2.57. The normalized spacial score (nSPS) is 11.8. The van der Waals surface area contributed by atoms with Gasteiger partial charge in [0, 0.05) is 12.1 Å². The average Bonchev–Trinajstić information content (AvgIpc) is 3.37. The van der Waals surface area contributed by atoms with Crippen LogP contribution in [-0.4, -0.2) is 33.0 Å². The summed E-state index contributed by atoms with van der Waals surface area (Å²) < 4.78 is 12.4. The third-order valence-electron chi connectivity index (χ3n) is 4.05. The largest absolute Gasteiger partial charge is 0.497 e. The monoisotopic (exact) mass is 398 g/mol. The predicted octanol–water partition coefficient (Wildman–Crippen LogP) is 3.53. The summed E-state index contributed by atoms with van der Waals surface area (Å²) in [5.41, 5.74) is 0.914. The van der Waals surface area contributed by atoms with Crippen molar-refractivity contribution in [2.75, 3.05) is 7.11 Å². The van der Waals surface area contributed by atoms with Crippen LogP contribution in [0.25, 0.3) is 11.4 Å². The maximum Gasteiger partial charge on any atom is 0.233 e. The average molecular weight is 398 g/mol. The number of carbonyl (C=O) groups is 1. The standard InChI is InChI=1S/C20H22N4O3S/c1-4-11-24-18(15-7-9-16(26-3)10-8-15)22-23-20(24)28-14(2)19(25)21-13-17-6-5-12-27-17/h4-10,12,14H,1,11,13H2,2-3H3,(H,21,25)/t14-/m0/s1. The van der Waals surface area contributed by atoms with Crippen LogP contribution in [0.15, 0.2) is 64.9 Å². The molecule has 3 rings (SSSR count). The third-order valence-corrected chi connectivity index (χ3v) is 5.13. The van der Waals surface area contributed by atoms with Gasteiger partial charge in [-0.1, -0.05) is 17.8 Å². The molecule has 0 fully saturated rings. The summed E-state index contributed by atoms with van der Waals surface area (Å²) in [6, 6.07) is 11.2. The molecule has 1 N–H and O–H groups in total. The molecule has 146 valence electrons. The van der Waals surface area contributed by atoms with Crippen LogP contribution in [0.4, 0.5) is 0 Å². The van der Waals surface area contributed by atoms with Crippen LogP contribution in [-0.2, 0) is 17.9 Å². The molecule has 8 heteroatoms. The third kappa shape index (κ3) is 4.64. The summed E-state index contributed by atoms with van der Waals surface area (Å²) in [6.07, 6.45) is 3.36. The Hall–Kier alpha value is -3.00. The molecule has 28 heavy (non-hydrogen) atoms. The number of benzene rings is 1. The van der Waals surface area contributed by atoms with E-state index in [1.807, 2.05) is 41.8 Å². The van der Waals surface area contributed by atoms with Crippen molar-refractivity contribution in [1.82, 2.24) is 20.1 Å². The Balaban J connectivity index is 1.72. The van der Waals surface area contributed by atoms with Gasteiger partial charge in [-0.2, -0.15) is 0 Å². The highest BCUT2D eigenvalue weighted by molar-refractivity contribution is 8.00. The maximum atomic E-state index is 12.4. The molecule has 0 radical (unpaired) electrons. The number of hydrogen-bond acceptors (Lipinski definition) is 6. The molecule has 0 aliphatic heterocycles. The minimum atomic E-state index is -0.341. The second-order valence-electron chi connectivity index (χ2n) is 5.99. The summed E-state index contributed by atoms with van der Waals surface area (Å²) in [6.45, 7) is 6.54. The number of nitrogens with zero attached hydrogens (tertiary/aromatic N) is 3. The van der Waals surface area contributed by atoms with Crippen LogP contribution in [0, 0.1) is 0 Å². The summed E-state index contributed by atoms with van der Waals surface area (Å²) in [7, 11) is 1.63. The number of ether oxygens (including phenoxy) is 1. The van der Waals surface area contributed by atoms with Crippen molar-refractivity contribution in [1.29, 1.82) is 0 Å². The van der Waals surface area contributed by atoms with Gasteiger partial charge < -0.3 is 14.5 Å². The molecule has 0 saturated heterocycles. The quantitative estimate of drug-likeness (QED) is 0.439. The van der Waals surface area contributed by atoms with E-state index in [0.29, 0.717) is 29.8 Å². The van der Waals surface area contributed by atoms with Crippen LogP contribution in [0.2, 0.25) is 0 Å². The molecule has 0 aliphatic rings. The summed E-state index contributed by atoms with van der Waals surface area (Å²) in [5, 5.41) is 11.8. The van der Waals surface area contributed by atoms with Crippen molar-refractivity contribution in [2.45, 2.75) is 30.4 Å². The van der Waals surface area contributed by atoms with E-state index in [9.17, 15) is 4.79 Å². The number of carbonyl (C=O) groups excluding carboxylic acids is 1. The van der Waals surface area contributed by atoms with Crippen LogP contribution in [0.1, 0.15) is 12.7 Å². The maximum absolute atomic E-state index is 12.4. The molecule has 1 amide bonds. The van der Waals surface area contributed by atoms with Gasteiger partial charge in [-0.05, 0) is 43.3 Å². The van der Waals surface area contributed by atoms with E-state index in [-0.39, 0.29) is 11.2 Å². The van der Waals surface area contributed by atoms with Gasteiger partial charge in [-0.3, -0.25) is 9.36 Å². The fourth-order valence-corrected chi connectivity index (χ4v) is 3.45. The van der Waals surface area contributed by atoms with Crippen LogP contribution < -0.4 is 10.1 Å². The lowest BCUT2D eigenvalue weighted by molar-refractivity contribution is -0.120. The van der Waals surface area contributed by atoms with Crippen molar-refractivity contribution >= 4 is 17.7 Å². The number of methoxy groups -OCH3 is 1. The second-order valence-corrected chi connectivity index (χ2v) is 7.30. The highest BCUT2D eigenvalue weighted by Crippen LogP contribution is 2.28. The molecule has 1 aromatic carbocycles. The molecule has 1 atom stereocenters. The molecule has 2 aromatic heterocycles. The number of allylic oxidation sites excluding steroid dienone is 1. The smallest absolute Gasteiger partial charge is 0.233 e. The minimum Gasteiger partial charge on any atom is -0.497 e. The Kier molecular flexibility index (Phi) is 6.54. The lowest BCUT2D eigenvalue weighted by Gasteiger charge is -2.12. The zero-order valence-corrected chi connectivity index (χ0v) is 16.6. The first-order valence-electron chi connectivity index (χ1n) is 8.77. The first-order valence-corrected chi connectivity index (χ1v) is 9.65. The van der Waals surface area contributed by atoms with Gasteiger partial charge in [-0.25, -0.2) is 0 Å². The molecular formula is C20H22N4O3S. The zero-order chi connectivity index (χ0) is 19.9. The Morgan fingerprint density at radius 2 is 2.14 bits per heavy atom. The van der Waals surface area contributed by atoms with E-state index in [1.165, 1.54) is 11.8 Å². The molecule has 7 nitrogen and oxygen atoms in total. The molecule has 3 aromatic rings.